The third-order valence-electron chi connectivity index (χ3n) is 6.07. The van der Waals surface area contributed by atoms with Gasteiger partial charge in [-0.1, -0.05) is 55.3 Å². The standard InChI is InChI=1S/C28H36N2O3S/c1-3-4-17-31-26-11-9-25(10-12-26)19-34-20-27-18-32-28(33-27,21-30-16-15-29-22-30)14-13-24-7-5-23(2)6-8-24/h5-12,15-16,22,27H,3-4,13-14,17-21H2,1-2H3. The molecular weight excluding hydrogens is 444 g/mol. The number of benzene rings is 2. The highest BCUT2D eigenvalue weighted by Crippen LogP contribution is 2.32. The lowest BCUT2D eigenvalue weighted by molar-refractivity contribution is -0.180. The van der Waals surface area contributed by atoms with Crippen LogP contribution in [-0.2, 0) is 28.2 Å². The van der Waals surface area contributed by atoms with Crippen molar-refractivity contribution in [3.8, 4) is 5.75 Å². The fourth-order valence-corrected chi connectivity index (χ4v) is 5.04. The molecule has 1 aliphatic heterocycles. The summed E-state index contributed by atoms with van der Waals surface area (Å²) < 4.78 is 20.7. The van der Waals surface area contributed by atoms with Crippen LogP contribution in [0.4, 0.5) is 0 Å². The molecule has 2 unspecified atom stereocenters. The van der Waals surface area contributed by atoms with Crippen molar-refractivity contribution in [2.75, 3.05) is 19.0 Å². The molecule has 1 aliphatic rings. The lowest BCUT2D eigenvalue weighted by Crippen LogP contribution is -2.37. The van der Waals surface area contributed by atoms with E-state index in [4.69, 9.17) is 14.2 Å². The second-order valence-corrected chi connectivity index (χ2v) is 10.1. The number of imidazole rings is 1. The zero-order valence-corrected chi connectivity index (χ0v) is 21.1. The Labute approximate surface area is 207 Å². The summed E-state index contributed by atoms with van der Waals surface area (Å²) in [5, 5.41) is 0. The van der Waals surface area contributed by atoms with Crippen LogP contribution in [0.25, 0.3) is 0 Å². The van der Waals surface area contributed by atoms with Crippen molar-refractivity contribution in [3.63, 3.8) is 0 Å². The third kappa shape index (κ3) is 7.36. The summed E-state index contributed by atoms with van der Waals surface area (Å²) in [5.74, 6) is 2.19. The maximum atomic E-state index is 6.57. The molecule has 5 nitrogen and oxygen atoms in total. The van der Waals surface area contributed by atoms with E-state index in [9.17, 15) is 0 Å². The molecule has 0 amide bonds. The first-order valence-electron chi connectivity index (χ1n) is 12.3. The first-order chi connectivity index (χ1) is 16.6. The second kappa shape index (κ2) is 12.4. The van der Waals surface area contributed by atoms with Crippen LogP contribution < -0.4 is 4.74 Å². The van der Waals surface area contributed by atoms with Gasteiger partial charge in [0.1, 0.15) is 5.75 Å². The molecule has 3 aromatic rings. The second-order valence-electron chi connectivity index (χ2n) is 9.04. The summed E-state index contributed by atoms with van der Waals surface area (Å²) in [6.45, 7) is 6.35. The van der Waals surface area contributed by atoms with Crippen LogP contribution in [0.3, 0.4) is 0 Å². The summed E-state index contributed by atoms with van der Waals surface area (Å²) in [6.07, 6.45) is 9.66. The van der Waals surface area contributed by atoms with E-state index in [1.807, 2.05) is 24.3 Å². The fraction of sp³-hybridized carbons (Fsp3) is 0.464. The Morgan fingerprint density at radius 1 is 1.12 bits per heavy atom. The Kier molecular flexibility index (Phi) is 9.08. The first-order valence-corrected chi connectivity index (χ1v) is 13.4. The van der Waals surface area contributed by atoms with E-state index >= 15 is 0 Å². The minimum Gasteiger partial charge on any atom is -0.494 e. The smallest absolute Gasteiger partial charge is 0.187 e. The molecule has 2 heterocycles. The van der Waals surface area contributed by atoms with Crippen molar-refractivity contribution in [2.45, 2.75) is 63.7 Å². The molecule has 2 atom stereocenters. The predicted molar refractivity (Wildman–Crippen MR) is 138 cm³/mol. The van der Waals surface area contributed by atoms with Gasteiger partial charge in [-0.2, -0.15) is 11.8 Å². The van der Waals surface area contributed by atoms with Crippen molar-refractivity contribution in [1.29, 1.82) is 0 Å². The zero-order valence-electron chi connectivity index (χ0n) is 20.3. The molecule has 0 aliphatic carbocycles. The minimum atomic E-state index is -0.617. The largest absolute Gasteiger partial charge is 0.494 e. The van der Waals surface area contributed by atoms with Crippen LogP contribution >= 0.6 is 11.8 Å². The normalized spacial score (nSPS) is 20.0. The number of unbranched alkanes of at least 4 members (excludes halogenated alkanes) is 1. The van der Waals surface area contributed by atoms with Gasteiger partial charge in [-0.3, -0.25) is 0 Å². The molecule has 0 saturated carbocycles. The van der Waals surface area contributed by atoms with Crippen LogP contribution in [-0.4, -0.2) is 40.4 Å². The number of aryl methyl sites for hydroxylation is 2. The topological polar surface area (TPSA) is 45.5 Å². The van der Waals surface area contributed by atoms with Gasteiger partial charge < -0.3 is 18.8 Å². The van der Waals surface area contributed by atoms with Gasteiger partial charge in [-0.05, 0) is 43.0 Å². The Balaban J connectivity index is 1.28. The zero-order chi connectivity index (χ0) is 23.6. The number of nitrogens with zero attached hydrogens (tertiary/aromatic N) is 2. The summed E-state index contributed by atoms with van der Waals surface area (Å²) in [5.41, 5.74) is 3.89. The summed E-state index contributed by atoms with van der Waals surface area (Å²) in [4.78, 5) is 4.19. The number of rotatable bonds is 13. The van der Waals surface area contributed by atoms with Gasteiger partial charge >= 0.3 is 0 Å². The van der Waals surface area contributed by atoms with E-state index in [1.54, 1.807) is 6.20 Å². The highest BCUT2D eigenvalue weighted by molar-refractivity contribution is 7.98. The maximum absolute atomic E-state index is 6.57. The van der Waals surface area contributed by atoms with Crippen molar-refractivity contribution in [3.05, 3.63) is 83.9 Å². The molecule has 34 heavy (non-hydrogen) atoms. The number of ether oxygens (including phenoxy) is 3. The average Bonchev–Trinajstić information content (AvgIpc) is 3.51. The van der Waals surface area contributed by atoms with Gasteiger partial charge in [0.15, 0.2) is 5.79 Å². The third-order valence-corrected chi connectivity index (χ3v) is 7.22. The van der Waals surface area contributed by atoms with Crippen LogP contribution in [0.15, 0.2) is 67.3 Å². The molecule has 182 valence electrons. The summed E-state index contributed by atoms with van der Waals surface area (Å²) in [6, 6.07) is 17.2. The molecule has 2 aromatic carbocycles. The van der Waals surface area contributed by atoms with E-state index in [1.165, 1.54) is 16.7 Å². The molecule has 4 rings (SSSR count). The number of hydrogen-bond acceptors (Lipinski definition) is 5. The molecular formula is C28H36N2O3S. The average molecular weight is 481 g/mol. The van der Waals surface area contributed by atoms with Gasteiger partial charge in [-0.15, -0.1) is 0 Å². The lowest BCUT2D eigenvalue weighted by Gasteiger charge is -2.28. The lowest BCUT2D eigenvalue weighted by atomic mass is 10.0. The fourth-order valence-electron chi connectivity index (χ4n) is 4.06. The van der Waals surface area contributed by atoms with Crippen molar-refractivity contribution in [1.82, 2.24) is 9.55 Å². The Bertz CT molecular complexity index is 976. The van der Waals surface area contributed by atoms with E-state index in [0.29, 0.717) is 13.2 Å². The van der Waals surface area contributed by atoms with Crippen molar-refractivity contribution >= 4 is 11.8 Å². The highest BCUT2D eigenvalue weighted by atomic mass is 32.2. The number of hydrogen-bond donors (Lipinski definition) is 0. The van der Waals surface area contributed by atoms with Crippen molar-refractivity contribution in [2.24, 2.45) is 0 Å². The van der Waals surface area contributed by atoms with Crippen LogP contribution in [0.1, 0.15) is 42.9 Å². The summed E-state index contributed by atoms with van der Waals surface area (Å²) in [7, 11) is 0. The van der Waals surface area contributed by atoms with E-state index in [0.717, 1.165) is 49.5 Å². The van der Waals surface area contributed by atoms with Gasteiger partial charge in [0.25, 0.3) is 0 Å². The summed E-state index contributed by atoms with van der Waals surface area (Å²) >= 11 is 1.89. The molecule has 1 aromatic heterocycles. The van der Waals surface area contributed by atoms with Crippen LogP contribution in [0, 0.1) is 6.92 Å². The van der Waals surface area contributed by atoms with Crippen LogP contribution in [0.5, 0.6) is 5.75 Å². The quantitative estimate of drug-likeness (QED) is 0.279. The molecule has 0 radical (unpaired) electrons. The van der Waals surface area contributed by atoms with E-state index in [-0.39, 0.29) is 6.10 Å². The Morgan fingerprint density at radius 2 is 1.91 bits per heavy atom. The monoisotopic (exact) mass is 480 g/mol. The molecule has 6 heteroatoms. The molecule has 0 N–H and O–H groups in total. The van der Waals surface area contributed by atoms with Gasteiger partial charge in [0.05, 0.1) is 32.2 Å². The van der Waals surface area contributed by atoms with Gasteiger partial charge in [0, 0.05) is 30.3 Å². The van der Waals surface area contributed by atoms with E-state index < -0.39 is 5.79 Å². The molecule has 0 spiro atoms. The Hall–Kier alpha value is -2.28. The molecule has 1 saturated heterocycles. The Morgan fingerprint density at radius 3 is 2.65 bits per heavy atom. The highest BCUT2D eigenvalue weighted by Gasteiger charge is 2.41. The first kappa shape index (κ1) is 24.8. The predicted octanol–water partition coefficient (Wildman–Crippen LogP) is 6.05. The van der Waals surface area contributed by atoms with Crippen LogP contribution in [0.2, 0.25) is 0 Å². The SMILES string of the molecule is CCCCOc1ccc(CSCC2COC(CCc3ccc(C)cc3)(Cn3ccnc3)O2)cc1. The van der Waals surface area contributed by atoms with Gasteiger partial charge in [0.2, 0.25) is 0 Å². The number of aromatic nitrogens is 2. The van der Waals surface area contributed by atoms with Gasteiger partial charge in [-0.25, -0.2) is 4.98 Å². The molecule has 0 bridgehead atoms. The maximum Gasteiger partial charge on any atom is 0.187 e. The minimum absolute atomic E-state index is 0.0863. The van der Waals surface area contributed by atoms with Crippen molar-refractivity contribution < 1.29 is 14.2 Å². The molecule has 1 fully saturated rings. The number of thioether (sulfide) groups is 1. The van der Waals surface area contributed by atoms with E-state index in [2.05, 4.69) is 71.9 Å².